The quantitative estimate of drug-likeness (QED) is 0.788. The zero-order valence-electron chi connectivity index (χ0n) is 10.2. The van der Waals surface area contributed by atoms with Crippen molar-refractivity contribution in [1.29, 1.82) is 0 Å². The maximum Gasteiger partial charge on any atom is 0.304 e. The summed E-state index contributed by atoms with van der Waals surface area (Å²) < 4.78 is 25.8. The van der Waals surface area contributed by atoms with Gasteiger partial charge in [-0.15, -0.1) is 0 Å². The van der Waals surface area contributed by atoms with E-state index in [9.17, 15) is 13.6 Å². The monoisotopic (exact) mass is 257 g/mol. The average Bonchev–Trinajstić information content (AvgIpc) is 2.30. The van der Waals surface area contributed by atoms with Crippen LogP contribution in [0.2, 0.25) is 0 Å². The summed E-state index contributed by atoms with van der Waals surface area (Å²) in [6.45, 7) is 2.67. The van der Waals surface area contributed by atoms with Crippen LogP contribution in [0.25, 0.3) is 0 Å². The van der Waals surface area contributed by atoms with Crippen LogP contribution in [-0.4, -0.2) is 23.7 Å². The minimum Gasteiger partial charge on any atom is -0.481 e. The van der Waals surface area contributed by atoms with Gasteiger partial charge in [0.1, 0.15) is 0 Å². The molecular formula is C13H17F2NO2. The van der Waals surface area contributed by atoms with E-state index in [-0.39, 0.29) is 12.5 Å². The molecule has 18 heavy (non-hydrogen) atoms. The second kappa shape index (κ2) is 7.06. The van der Waals surface area contributed by atoms with E-state index in [1.807, 2.05) is 6.92 Å². The van der Waals surface area contributed by atoms with Crippen molar-refractivity contribution in [2.24, 2.45) is 0 Å². The van der Waals surface area contributed by atoms with E-state index in [0.29, 0.717) is 18.5 Å². The van der Waals surface area contributed by atoms with Crippen LogP contribution in [0.5, 0.6) is 0 Å². The second-order valence-electron chi connectivity index (χ2n) is 4.20. The maximum atomic E-state index is 13.0. The molecule has 0 saturated carbocycles. The standard InChI is InChI=1S/C13H17F2NO2/c1-2-5-16-10(8-13(17)18)6-9-3-4-11(14)12(15)7-9/h3-4,7,10,16H,2,5-6,8H2,1H3,(H,17,18). The number of hydrogen-bond acceptors (Lipinski definition) is 2. The average molecular weight is 257 g/mol. The lowest BCUT2D eigenvalue weighted by Crippen LogP contribution is -2.34. The molecule has 1 unspecified atom stereocenters. The van der Waals surface area contributed by atoms with E-state index < -0.39 is 17.6 Å². The number of aliphatic carboxylic acids is 1. The van der Waals surface area contributed by atoms with Crippen molar-refractivity contribution < 1.29 is 18.7 Å². The van der Waals surface area contributed by atoms with Crippen molar-refractivity contribution in [2.75, 3.05) is 6.54 Å². The highest BCUT2D eigenvalue weighted by molar-refractivity contribution is 5.67. The van der Waals surface area contributed by atoms with Crippen LogP contribution in [0.4, 0.5) is 8.78 Å². The van der Waals surface area contributed by atoms with Crippen molar-refractivity contribution in [1.82, 2.24) is 5.32 Å². The molecule has 0 aliphatic rings. The van der Waals surface area contributed by atoms with Gasteiger partial charge in [-0.1, -0.05) is 13.0 Å². The van der Waals surface area contributed by atoms with Crippen molar-refractivity contribution in [3.05, 3.63) is 35.4 Å². The first-order valence-electron chi connectivity index (χ1n) is 5.92. The van der Waals surface area contributed by atoms with Crippen LogP contribution >= 0.6 is 0 Å². The van der Waals surface area contributed by atoms with Gasteiger partial charge in [-0.05, 0) is 37.1 Å². The summed E-state index contributed by atoms with van der Waals surface area (Å²) in [6, 6.07) is 3.37. The Morgan fingerprint density at radius 2 is 2.11 bits per heavy atom. The molecule has 0 fully saturated rings. The van der Waals surface area contributed by atoms with Gasteiger partial charge < -0.3 is 10.4 Å². The number of hydrogen-bond donors (Lipinski definition) is 2. The number of nitrogens with one attached hydrogen (secondary N) is 1. The maximum absolute atomic E-state index is 13.0. The summed E-state index contributed by atoms with van der Waals surface area (Å²) in [5, 5.41) is 11.9. The SMILES string of the molecule is CCCNC(CC(=O)O)Cc1ccc(F)c(F)c1. The molecule has 100 valence electrons. The molecule has 2 N–H and O–H groups in total. The first-order valence-corrected chi connectivity index (χ1v) is 5.92. The lowest BCUT2D eigenvalue weighted by atomic mass is 10.0. The zero-order valence-corrected chi connectivity index (χ0v) is 10.2. The Balaban J connectivity index is 2.68. The topological polar surface area (TPSA) is 49.3 Å². The first kappa shape index (κ1) is 14.6. The summed E-state index contributed by atoms with van der Waals surface area (Å²) in [7, 11) is 0. The van der Waals surface area contributed by atoms with Gasteiger partial charge in [-0.25, -0.2) is 8.78 Å². The Kier molecular flexibility index (Phi) is 5.71. The number of rotatable bonds is 7. The molecule has 3 nitrogen and oxygen atoms in total. The smallest absolute Gasteiger partial charge is 0.304 e. The number of carbonyl (C=O) groups is 1. The third-order valence-corrected chi connectivity index (χ3v) is 2.57. The van der Waals surface area contributed by atoms with E-state index in [4.69, 9.17) is 5.11 Å². The van der Waals surface area contributed by atoms with Gasteiger partial charge in [-0.2, -0.15) is 0 Å². The molecule has 5 heteroatoms. The zero-order chi connectivity index (χ0) is 13.5. The lowest BCUT2D eigenvalue weighted by molar-refractivity contribution is -0.137. The number of benzene rings is 1. The largest absolute Gasteiger partial charge is 0.481 e. The minimum absolute atomic E-state index is 0.0427. The normalized spacial score (nSPS) is 12.4. The molecule has 1 atom stereocenters. The van der Waals surface area contributed by atoms with Crippen LogP contribution in [-0.2, 0) is 11.2 Å². The predicted octanol–water partition coefficient (Wildman–Crippen LogP) is 2.35. The van der Waals surface area contributed by atoms with E-state index in [2.05, 4.69) is 5.32 Å². The summed E-state index contributed by atoms with van der Waals surface area (Å²) in [4.78, 5) is 10.7. The third kappa shape index (κ3) is 4.79. The first-order chi connectivity index (χ1) is 8.52. The fourth-order valence-corrected chi connectivity index (χ4v) is 1.73. The lowest BCUT2D eigenvalue weighted by Gasteiger charge is -2.16. The van der Waals surface area contributed by atoms with Crippen LogP contribution in [0.15, 0.2) is 18.2 Å². The van der Waals surface area contributed by atoms with Crippen molar-refractivity contribution in [3.63, 3.8) is 0 Å². The van der Waals surface area contributed by atoms with Gasteiger partial charge in [0.2, 0.25) is 0 Å². The molecular weight excluding hydrogens is 240 g/mol. The van der Waals surface area contributed by atoms with Gasteiger partial charge in [0.15, 0.2) is 11.6 Å². The van der Waals surface area contributed by atoms with Gasteiger partial charge >= 0.3 is 5.97 Å². The molecule has 1 aromatic carbocycles. The summed E-state index contributed by atoms with van der Waals surface area (Å²) >= 11 is 0. The molecule has 1 rings (SSSR count). The number of carboxylic acid groups (broad SMARTS) is 1. The fourth-order valence-electron chi connectivity index (χ4n) is 1.73. The van der Waals surface area contributed by atoms with Crippen LogP contribution in [0.3, 0.4) is 0 Å². The van der Waals surface area contributed by atoms with E-state index in [0.717, 1.165) is 18.6 Å². The summed E-state index contributed by atoms with van der Waals surface area (Å²) in [5.41, 5.74) is 0.587. The minimum atomic E-state index is -0.911. The van der Waals surface area contributed by atoms with Gasteiger partial charge in [0, 0.05) is 6.04 Å². The highest BCUT2D eigenvalue weighted by Crippen LogP contribution is 2.12. The van der Waals surface area contributed by atoms with E-state index in [1.165, 1.54) is 6.07 Å². The van der Waals surface area contributed by atoms with E-state index in [1.54, 1.807) is 0 Å². The molecule has 1 aromatic rings. The van der Waals surface area contributed by atoms with E-state index >= 15 is 0 Å². The van der Waals surface area contributed by atoms with Crippen LogP contribution < -0.4 is 5.32 Å². The van der Waals surface area contributed by atoms with Gasteiger partial charge in [0.25, 0.3) is 0 Å². The van der Waals surface area contributed by atoms with Gasteiger partial charge in [0.05, 0.1) is 6.42 Å². The summed E-state index contributed by atoms with van der Waals surface area (Å²) in [5.74, 6) is -2.71. The highest BCUT2D eigenvalue weighted by atomic mass is 19.2. The molecule has 0 aliphatic carbocycles. The highest BCUT2D eigenvalue weighted by Gasteiger charge is 2.14. The number of carboxylic acids is 1. The Bertz CT molecular complexity index is 410. The molecule has 0 radical (unpaired) electrons. The Morgan fingerprint density at radius 3 is 2.67 bits per heavy atom. The van der Waals surface area contributed by atoms with Crippen molar-refractivity contribution in [3.8, 4) is 0 Å². The predicted molar refractivity (Wildman–Crippen MR) is 64.4 cm³/mol. The molecule has 0 aromatic heterocycles. The molecule has 0 saturated heterocycles. The second-order valence-corrected chi connectivity index (χ2v) is 4.20. The van der Waals surface area contributed by atoms with Crippen LogP contribution in [0, 0.1) is 11.6 Å². The fraction of sp³-hybridized carbons (Fsp3) is 0.462. The molecule has 0 aliphatic heterocycles. The molecule has 0 spiro atoms. The Hall–Kier alpha value is -1.49. The molecule has 0 heterocycles. The summed E-state index contributed by atoms with van der Waals surface area (Å²) in [6.07, 6.45) is 1.20. The van der Waals surface area contributed by atoms with Crippen LogP contribution in [0.1, 0.15) is 25.3 Å². The Morgan fingerprint density at radius 1 is 1.39 bits per heavy atom. The van der Waals surface area contributed by atoms with Gasteiger partial charge in [-0.3, -0.25) is 4.79 Å². The third-order valence-electron chi connectivity index (χ3n) is 2.57. The number of halogens is 2. The van der Waals surface area contributed by atoms with Crippen molar-refractivity contribution in [2.45, 2.75) is 32.2 Å². The molecule has 0 amide bonds. The molecule has 0 bridgehead atoms. The Labute approximate surface area is 105 Å². The van der Waals surface area contributed by atoms with Crippen molar-refractivity contribution >= 4 is 5.97 Å².